The summed E-state index contributed by atoms with van der Waals surface area (Å²) in [5, 5.41) is 5.41. The average molecular weight is 395 g/mol. The molecule has 0 radical (unpaired) electrons. The van der Waals surface area contributed by atoms with E-state index in [1.807, 2.05) is 4.90 Å². The highest BCUT2D eigenvalue weighted by Crippen LogP contribution is 2.43. The second-order valence-corrected chi connectivity index (χ2v) is 8.25. The molecular weight excluding hydrogens is 360 g/mol. The molecule has 0 spiro atoms. The fourth-order valence-corrected chi connectivity index (χ4v) is 5.52. The molecule has 0 aromatic carbocycles. The molecule has 0 aliphatic carbocycles. The maximum atomic E-state index is 12.9. The lowest BCUT2D eigenvalue weighted by Gasteiger charge is -2.57. The van der Waals surface area contributed by atoms with Gasteiger partial charge < -0.3 is 20.3 Å². The van der Waals surface area contributed by atoms with Gasteiger partial charge in [0.2, 0.25) is 5.91 Å². The Bertz CT molecular complexity index is 583. The zero-order chi connectivity index (χ0) is 20.1. The first-order valence-electron chi connectivity index (χ1n) is 10.6. The zero-order valence-electron chi connectivity index (χ0n) is 17.1. The standard InChI is InChI=1S/C20H34N4O4/c1-21-17(25)9-3-8-16-15-7-5-11-23-10-4-6-14(19(15)23)13-24(16)20(27)22-12-18(26)28-2/h14-16,19H,3-13H2,1-2H3,(H,21,25)(H,22,27)/t14-,15+,16+,19-/m0/s1. The lowest BCUT2D eigenvalue weighted by Crippen LogP contribution is -2.66. The van der Waals surface area contributed by atoms with Gasteiger partial charge in [-0.1, -0.05) is 0 Å². The molecule has 3 amide bonds. The highest BCUT2D eigenvalue weighted by atomic mass is 16.5. The Morgan fingerprint density at radius 1 is 1.14 bits per heavy atom. The number of nitrogens with one attached hydrogen (secondary N) is 2. The van der Waals surface area contributed by atoms with Crippen LogP contribution >= 0.6 is 0 Å². The number of amides is 3. The molecule has 3 fully saturated rings. The maximum Gasteiger partial charge on any atom is 0.325 e. The predicted octanol–water partition coefficient (Wildman–Crippen LogP) is 0.960. The van der Waals surface area contributed by atoms with Gasteiger partial charge in [0, 0.05) is 32.1 Å². The van der Waals surface area contributed by atoms with Crippen molar-refractivity contribution in [2.24, 2.45) is 11.8 Å². The van der Waals surface area contributed by atoms with Crippen LogP contribution in [0.25, 0.3) is 0 Å². The second-order valence-electron chi connectivity index (χ2n) is 8.25. The molecule has 3 aliphatic rings. The molecule has 0 unspecified atom stereocenters. The van der Waals surface area contributed by atoms with Crippen molar-refractivity contribution in [2.75, 3.05) is 40.3 Å². The van der Waals surface area contributed by atoms with Gasteiger partial charge in [-0.05, 0) is 63.5 Å². The fourth-order valence-electron chi connectivity index (χ4n) is 5.52. The van der Waals surface area contributed by atoms with E-state index >= 15 is 0 Å². The second kappa shape index (κ2) is 9.58. The number of esters is 1. The predicted molar refractivity (Wildman–Crippen MR) is 105 cm³/mol. The number of hydrogen-bond acceptors (Lipinski definition) is 5. The normalized spacial score (nSPS) is 29.6. The summed E-state index contributed by atoms with van der Waals surface area (Å²) in [5.41, 5.74) is 0. The summed E-state index contributed by atoms with van der Waals surface area (Å²) in [6, 6.07) is 0.484. The number of likely N-dealkylation sites (tertiary alicyclic amines) is 1. The Hall–Kier alpha value is -1.83. The largest absolute Gasteiger partial charge is 0.468 e. The minimum absolute atomic E-state index is 0.0401. The first-order valence-corrected chi connectivity index (χ1v) is 10.6. The molecule has 0 saturated carbocycles. The van der Waals surface area contributed by atoms with Gasteiger partial charge >= 0.3 is 12.0 Å². The number of hydrogen-bond donors (Lipinski definition) is 2. The highest BCUT2D eigenvalue weighted by Gasteiger charge is 2.49. The third kappa shape index (κ3) is 4.59. The minimum Gasteiger partial charge on any atom is -0.468 e. The number of urea groups is 1. The summed E-state index contributed by atoms with van der Waals surface area (Å²) in [6.45, 7) is 2.95. The van der Waals surface area contributed by atoms with Gasteiger partial charge in [0.05, 0.1) is 7.11 Å². The van der Waals surface area contributed by atoms with Gasteiger partial charge in [0.1, 0.15) is 6.54 Å². The van der Waals surface area contributed by atoms with Crippen LogP contribution in [0.15, 0.2) is 0 Å². The van der Waals surface area contributed by atoms with Crippen LogP contribution in [0.1, 0.15) is 44.9 Å². The quantitative estimate of drug-likeness (QED) is 0.655. The molecule has 3 saturated heterocycles. The number of carbonyl (C=O) groups excluding carboxylic acids is 3. The van der Waals surface area contributed by atoms with Gasteiger partial charge in [-0.2, -0.15) is 0 Å². The van der Waals surface area contributed by atoms with Crippen LogP contribution in [0, 0.1) is 11.8 Å². The van der Waals surface area contributed by atoms with E-state index in [2.05, 4.69) is 20.3 Å². The Kier molecular flexibility index (Phi) is 7.15. The van der Waals surface area contributed by atoms with Crippen molar-refractivity contribution < 1.29 is 19.1 Å². The molecule has 0 aromatic heterocycles. The van der Waals surface area contributed by atoms with Crippen LogP contribution in [0.3, 0.4) is 0 Å². The number of ether oxygens (including phenoxy) is 1. The number of rotatable bonds is 6. The van der Waals surface area contributed by atoms with Crippen LogP contribution in [0.4, 0.5) is 4.79 Å². The summed E-state index contributed by atoms with van der Waals surface area (Å²) in [4.78, 5) is 40.6. The lowest BCUT2D eigenvalue weighted by atomic mass is 9.69. The Balaban J connectivity index is 1.73. The lowest BCUT2D eigenvalue weighted by molar-refractivity contribution is -0.139. The van der Waals surface area contributed by atoms with Gasteiger partial charge in [-0.15, -0.1) is 0 Å². The monoisotopic (exact) mass is 394 g/mol. The van der Waals surface area contributed by atoms with Gasteiger partial charge in [0.25, 0.3) is 0 Å². The van der Waals surface area contributed by atoms with E-state index in [0.29, 0.717) is 24.3 Å². The van der Waals surface area contributed by atoms with E-state index in [9.17, 15) is 14.4 Å². The third-order valence-corrected chi connectivity index (χ3v) is 6.73. The molecule has 28 heavy (non-hydrogen) atoms. The molecule has 2 N–H and O–H groups in total. The van der Waals surface area contributed by atoms with E-state index in [1.54, 1.807) is 7.05 Å². The van der Waals surface area contributed by atoms with E-state index < -0.39 is 5.97 Å². The Morgan fingerprint density at radius 2 is 1.89 bits per heavy atom. The fraction of sp³-hybridized carbons (Fsp3) is 0.850. The summed E-state index contributed by atoms with van der Waals surface area (Å²) in [5.74, 6) is 0.540. The number of piperidine rings is 3. The van der Waals surface area contributed by atoms with Crippen LogP contribution in [-0.2, 0) is 14.3 Å². The topological polar surface area (TPSA) is 91.0 Å². The van der Waals surface area contributed by atoms with E-state index in [1.165, 1.54) is 13.5 Å². The molecule has 8 heteroatoms. The van der Waals surface area contributed by atoms with Crippen molar-refractivity contribution in [3.63, 3.8) is 0 Å². The molecule has 158 valence electrons. The number of methoxy groups -OCH3 is 1. The highest BCUT2D eigenvalue weighted by molar-refractivity contribution is 5.81. The van der Waals surface area contributed by atoms with Gasteiger partial charge in [0.15, 0.2) is 0 Å². The van der Waals surface area contributed by atoms with E-state index in [4.69, 9.17) is 0 Å². The zero-order valence-corrected chi connectivity index (χ0v) is 17.1. The first-order chi connectivity index (χ1) is 13.5. The Morgan fingerprint density at radius 3 is 2.61 bits per heavy atom. The summed E-state index contributed by atoms with van der Waals surface area (Å²) in [6.07, 6.45) is 6.70. The minimum atomic E-state index is -0.444. The molecule has 3 rings (SSSR count). The molecule has 8 nitrogen and oxygen atoms in total. The molecule has 0 bridgehead atoms. The summed E-state index contributed by atoms with van der Waals surface area (Å²) >= 11 is 0. The summed E-state index contributed by atoms with van der Waals surface area (Å²) < 4.78 is 4.65. The molecular formula is C20H34N4O4. The third-order valence-electron chi connectivity index (χ3n) is 6.73. The van der Waals surface area contributed by atoms with Crippen molar-refractivity contribution in [1.29, 1.82) is 0 Å². The van der Waals surface area contributed by atoms with Crippen LogP contribution in [-0.4, -0.2) is 80.1 Å². The van der Waals surface area contributed by atoms with Crippen molar-refractivity contribution in [2.45, 2.75) is 57.0 Å². The molecule has 0 aromatic rings. The van der Waals surface area contributed by atoms with Gasteiger partial charge in [-0.25, -0.2) is 4.79 Å². The van der Waals surface area contributed by atoms with Crippen molar-refractivity contribution in [3.8, 4) is 0 Å². The van der Waals surface area contributed by atoms with E-state index in [0.717, 1.165) is 51.7 Å². The SMILES string of the molecule is CNC(=O)CCC[C@@H]1[C@H]2CCCN3CCC[C@@H](CN1C(=O)NCC(=O)OC)[C@@H]23. The molecule has 3 heterocycles. The van der Waals surface area contributed by atoms with Gasteiger partial charge in [-0.3, -0.25) is 14.5 Å². The van der Waals surface area contributed by atoms with Crippen molar-refractivity contribution >= 4 is 17.9 Å². The first kappa shape index (κ1) is 20.9. The number of carbonyl (C=O) groups is 3. The van der Waals surface area contributed by atoms with Crippen molar-refractivity contribution in [3.05, 3.63) is 0 Å². The average Bonchev–Trinajstić information content (AvgIpc) is 2.73. The van der Waals surface area contributed by atoms with Crippen LogP contribution in [0.2, 0.25) is 0 Å². The Labute approximate surface area is 167 Å². The molecule has 3 aliphatic heterocycles. The van der Waals surface area contributed by atoms with Crippen LogP contribution < -0.4 is 10.6 Å². The summed E-state index contributed by atoms with van der Waals surface area (Å²) in [7, 11) is 2.97. The smallest absolute Gasteiger partial charge is 0.325 e. The number of nitrogens with zero attached hydrogens (tertiary/aromatic N) is 2. The van der Waals surface area contributed by atoms with E-state index in [-0.39, 0.29) is 24.5 Å². The molecule has 4 atom stereocenters. The maximum absolute atomic E-state index is 12.9. The van der Waals surface area contributed by atoms with Crippen molar-refractivity contribution in [1.82, 2.24) is 20.4 Å². The van der Waals surface area contributed by atoms with Crippen LogP contribution in [0.5, 0.6) is 0 Å².